The van der Waals surface area contributed by atoms with Crippen LogP contribution < -0.4 is 0 Å². The molecule has 28 heavy (non-hydrogen) atoms. The molecule has 0 amide bonds. The lowest BCUT2D eigenvalue weighted by Crippen LogP contribution is -2.41. The van der Waals surface area contributed by atoms with Crippen LogP contribution in [0.5, 0.6) is 0 Å². The number of halogens is 1. The summed E-state index contributed by atoms with van der Waals surface area (Å²) in [6, 6.07) is 7.21. The second-order valence-corrected chi connectivity index (χ2v) is 8.54. The minimum atomic E-state index is -0.0648. The molecule has 0 aliphatic carbocycles. The Kier molecular flexibility index (Phi) is 6.76. The van der Waals surface area contributed by atoms with Crippen molar-refractivity contribution in [2.24, 2.45) is 11.8 Å². The molecular weight excluding hydrogens is 351 g/mol. The quantitative estimate of drug-likeness (QED) is 0.720. The number of nitrogens with zero attached hydrogens (tertiary/aromatic N) is 4. The number of hydrogen-bond donors (Lipinski definition) is 0. The van der Waals surface area contributed by atoms with Crippen LogP contribution in [0.1, 0.15) is 37.7 Å². The molecule has 152 valence electrons. The van der Waals surface area contributed by atoms with E-state index in [1.807, 2.05) is 30.9 Å². The lowest BCUT2D eigenvalue weighted by atomic mass is 9.78. The van der Waals surface area contributed by atoms with Crippen LogP contribution in [0.2, 0.25) is 0 Å². The second-order valence-electron chi connectivity index (χ2n) is 8.54. The Morgan fingerprint density at radius 1 is 0.893 bits per heavy atom. The molecule has 0 bridgehead atoms. The maximum atomic E-state index is 13.9. The van der Waals surface area contributed by atoms with Crippen molar-refractivity contribution in [3.63, 3.8) is 0 Å². The first-order chi connectivity index (χ1) is 13.8. The molecule has 1 aromatic carbocycles. The van der Waals surface area contributed by atoms with Crippen molar-refractivity contribution < 1.29 is 4.39 Å². The highest BCUT2D eigenvalue weighted by Gasteiger charge is 2.29. The average molecular weight is 385 g/mol. The van der Waals surface area contributed by atoms with Gasteiger partial charge < -0.3 is 9.47 Å². The van der Waals surface area contributed by atoms with Crippen molar-refractivity contribution in [2.45, 2.75) is 45.2 Å². The third-order valence-corrected chi connectivity index (χ3v) is 6.73. The Morgan fingerprint density at radius 3 is 2.21 bits per heavy atom. The number of aromatic nitrogens is 2. The summed E-state index contributed by atoms with van der Waals surface area (Å²) in [4.78, 5) is 9.18. The number of hydrogen-bond acceptors (Lipinski definition) is 3. The van der Waals surface area contributed by atoms with Gasteiger partial charge in [-0.15, -0.1) is 0 Å². The maximum absolute atomic E-state index is 13.9. The van der Waals surface area contributed by atoms with Gasteiger partial charge in [0.2, 0.25) is 0 Å². The van der Waals surface area contributed by atoms with Crippen LogP contribution in [0, 0.1) is 17.7 Å². The fourth-order valence-corrected chi connectivity index (χ4v) is 4.99. The minimum Gasteiger partial charge on any atom is -0.337 e. The fourth-order valence-electron chi connectivity index (χ4n) is 4.99. The molecule has 0 atom stereocenters. The van der Waals surface area contributed by atoms with Crippen LogP contribution in [-0.4, -0.2) is 52.1 Å². The van der Waals surface area contributed by atoms with Gasteiger partial charge in [0.05, 0.1) is 6.33 Å². The SMILES string of the molecule is Fc1ccccc1CN1CCC(C2CCN(CCCn3ccnc3)CC2)CC1. The Bertz CT molecular complexity index is 701. The number of aryl methyl sites for hydroxylation is 1. The number of benzene rings is 1. The van der Waals surface area contributed by atoms with Gasteiger partial charge in [-0.2, -0.15) is 0 Å². The Balaban J connectivity index is 1.14. The van der Waals surface area contributed by atoms with Gasteiger partial charge in [-0.05, 0) is 82.7 Å². The van der Waals surface area contributed by atoms with Crippen molar-refractivity contribution in [1.29, 1.82) is 0 Å². The molecule has 0 radical (unpaired) electrons. The molecule has 2 aromatic rings. The van der Waals surface area contributed by atoms with Gasteiger partial charge in [-0.25, -0.2) is 9.37 Å². The van der Waals surface area contributed by atoms with E-state index < -0.39 is 0 Å². The third-order valence-electron chi connectivity index (χ3n) is 6.73. The molecule has 2 aliphatic rings. The summed E-state index contributed by atoms with van der Waals surface area (Å²) in [5.74, 6) is 1.69. The predicted molar refractivity (Wildman–Crippen MR) is 110 cm³/mol. The Morgan fingerprint density at radius 2 is 1.57 bits per heavy atom. The van der Waals surface area contributed by atoms with Crippen LogP contribution in [0.3, 0.4) is 0 Å². The molecule has 4 nitrogen and oxygen atoms in total. The second kappa shape index (κ2) is 9.66. The van der Waals surface area contributed by atoms with E-state index in [1.165, 1.54) is 51.7 Å². The van der Waals surface area contributed by atoms with Crippen LogP contribution in [0.15, 0.2) is 43.0 Å². The highest BCUT2D eigenvalue weighted by atomic mass is 19.1. The highest BCUT2D eigenvalue weighted by Crippen LogP contribution is 2.33. The zero-order valence-electron chi connectivity index (χ0n) is 16.8. The van der Waals surface area contributed by atoms with E-state index >= 15 is 0 Å². The standard InChI is InChI=1S/C23H33FN4/c24-23-5-2-1-4-22(23)18-27-15-8-21(9-16-27)20-6-13-26(14-7-20)11-3-12-28-17-10-25-19-28/h1-2,4-5,10,17,19-21H,3,6-9,11-16,18H2. The number of likely N-dealkylation sites (tertiary alicyclic amines) is 2. The van der Waals surface area contributed by atoms with E-state index in [2.05, 4.69) is 19.4 Å². The molecule has 5 heteroatoms. The number of imidazole rings is 1. The molecule has 0 N–H and O–H groups in total. The predicted octanol–water partition coefficient (Wildman–Crippen LogP) is 4.04. The van der Waals surface area contributed by atoms with E-state index in [0.29, 0.717) is 0 Å². The van der Waals surface area contributed by atoms with E-state index in [4.69, 9.17) is 0 Å². The summed E-state index contributed by atoms with van der Waals surface area (Å²) >= 11 is 0. The van der Waals surface area contributed by atoms with Crippen molar-refractivity contribution in [1.82, 2.24) is 19.4 Å². The Labute approximate surface area is 168 Å². The molecule has 2 fully saturated rings. The normalized spacial score (nSPS) is 20.6. The number of piperidine rings is 2. The van der Waals surface area contributed by atoms with Crippen LogP contribution in [0.4, 0.5) is 4.39 Å². The topological polar surface area (TPSA) is 24.3 Å². The van der Waals surface area contributed by atoms with Crippen LogP contribution in [0.25, 0.3) is 0 Å². The molecule has 2 aliphatic heterocycles. The molecule has 0 unspecified atom stereocenters. The molecule has 0 saturated carbocycles. The van der Waals surface area contributed by atoms with Gasteiger partial charge in [0.15, 0.2) is 0 Å². The average Bonchev–Trinajstić information content (AvgIpc) is 3.25. The lowest BCUT2D eigenvalue weighted by molar-refractivity contribution is 0.0922. The molecule has 1 aromatic heterocycles. The summed E-state index contributed by atoms with van der Waals surface area (Å²) in [5, 5.41) is 0. The van der Waals surface area contributed by atoms with E-state index in [0.717, 1.165) is 43.6 Å². The van der Waals surface area contributed by atoms with E-state index in [-0.39, 0.29) is 5.82 Å². The smallest absolute Gasteiger partial charge is 0.127 e. The minimum absolute atomic E-state index is 0.0648. The fraction of sp³-hybridized carbons (Fsp3) is 0.609. The van der Waals surface area contributed by atoms with Gasteiger partial charge in [0, 0.05) is 31.0 Å². The lowest BCUT2D eigenvalue weighted by Gasteiger charge is -2.40. The van der Waals surface area contributed by atoms with Crippen LogP contribution >= 0.6 is 0 Å². The zero-order valence-corrected chi connectivity index (χ0v) is 16.8. The monoisotopic (exact) mass is 384 g/mol. The van der Waals surface area contributed by atoms with Crippen molar-refractivity contribution >= 4 is 0 Å². The first-order valence-electron chi connectivity index (χ1n) is 10.9. The molecular formula is C23H33FN4. The van der Waals surface area contributed by atoms with E-state index in [1.54, 1.807) is 12.1 Å². The van der Waals surface area contributed by atoms with E-state index in [9.17, 15) is 4.39 Å². The van der Waals surface area contributed by atoms with Crippen molar-refractivity contribution in [3.05, 3.63) is 54.4 Å². The summed E-state index contributed by atoms with van der Waals surface area (Å²) < 4.78 is 16.0. The van der Waals surface area contributed by atoms with Gasteiger partial charge >= 0.3 is 0 Å². The highest BCUT2D eigenvalue weighted by molar-refractivity contribution is 5.17. The first kappa shape index (κ1) is 19.6. The molecule has 0 spiro atoms. The summed E-state index contributed by atoms with van der Waals surface area (Å²) in [6.07, 6.45) is 12.3. The Hall–Kier alpha value is -1.72. The summed E-state index contributed by atoms with van der Waals surface area (Å²) in [7, 11) is 0. The first-order valence-corrected chi connectivity index (χ1v) is 10.9. The van der Waals surface area contributed by atoms with Gasteiger partial charge in [-0.1, -0.05) is 18.2 Å². The largest absolute Gasteiger partial charge is 0.337 e. The summed E-state index contributed by atoms with van der Waals surface area (Å²) in [5.41, 5.74) is 0.838. The van der Waals surface area contributed by atoms with Gasteiger partial charge in [-0.3, -0.25) is 4.90 Å². The molecule has 2 saturated heterocycles. The zero-order chi connectivity index (χ0) is 19.2. The van der Waals surface area contributed by atoms with Crippen molar-refractivity contribution in [3.8, 4) is 0 Å². The van der Waals surface area contributed by atoms with Gasteiger partial charge in [0.1, 0.15) is 5.82 Å². The van der Waals surface area contributed by atoms with Crippen LogP contribution in [-0.2, 0) is 13.1 Å². The molecule has 4 rings (SSSR count). The molecule has 3 heterocycles. The third kappa shape index (κ3) is 5.21. The number of rotatable bonds is 7. The van der Waals surface area contributed by atoms with Gasteiger partial charge in [0.25, 0.3) is 0 Å². The summed E-state index contributed by atoms with van der Waals surface area (Å²) in [6.45, 7) is 7.77. The maximum Gasteiger partial charge on any atom is 0.127 e. The van der Waals surface area contributed by atoms with Crippen molar-refractivity contribution in [2.75, 3.05) is 32.7 Å².